The number of anilines is 1. The Hall–Kier alpha value is -4.66. The molecule has 1 fully saturated rings. The molecule has 212 valence electrons. The van der Waals surface area contributed by atoms with E-state index in [1.54, 1.807) is 34.0 Å². The lowest BCUT2D eigenvalue weighted by Gasteiger charge is -2.32. The Morgan fingerprint density at radius 1 is 0.951 bits per heavy atom. The van der Waals surface area contributed by atoms with E-state index < -0.39 is 5.60 Å². The molecule has 0 radical (unpaired) electrons. The van der Waals surface area contributed by atoms with Gasteiger partial charge in [0, 0.05) is 42.9 Å². The second kappa shape index (κ2) is 11.8. The van der Waals surface area contributed by atoms with Crippen LogP contribution in [-0.2, 0) is 16.0 Å². The Labute approximate surface area is 239 Å². The van der Waals surface area contributed by atoms with Crippen LogP contribution >= 0.6 is 0 Å². The summed E-state index contributed by atoms with van der Waals surface area (Å²) >= 11 is 0. The average Bonchev–Trinajstić information content (AvgIpc) is 3.36. The average molecular weight is 555 g/mol. The Balaban J connectivity index is 1.18. The van der Waals surface area contributed by atoms with Gasteiger partial charge in [-0.1, -0.05) is 30.3 Å². The van der Waals surface area contributed by atoms with Crippen molar-refractivity contribution in [2.75, 3.05) is 18.4 Å². The van der Waals surface area contributed by atoms with Gasteiger partial charge in [0.1, 0.15) is 22.9 Å². The molecule has 4 aromatic rings. The highest BCUT2D eigenvalue weighted by atomic mass is 16.6. The maximum absolute atomic E-state index is 12.9. The fourth-order valence-corrected chi connectivity index (χ4v) is 4.82. The number of pyridine rings is 1. The van der Waals surface area contributed by atoms with Crippen LogP contribution in [0, 0.1) is 5.92 Å². The highest BCUT2D eigenvalue weighted by Crippen LogP contribution is 2.28. The summed E-state index contributed by atoms with van der Waals surface area (Å²) in [5.74, 6) is 1.14. The third-order valence-electron chi connectivity index (χ3n) is 6.86. The smallest absolute Gasteiger partial charge is 0.410 e. The van der Waals surface area contributed by atoms with Gasteiger partial charge in [-0.05, 0) is 69.5 Å². The molecule has 1 saturated heterocycles. The third kappa shape index (κ3) is 7.11. The van der Waals surface area contributed by atoms with Gasteiger partial charge in [-0.2, -0.15) is 0 Å². The number of aromatic nitrogens is 2. The van der Waals surface area contributed by atoms with Crippen molar-refractivity contribution in [1.29, 1.82) is 0 Å². The molecular weight excluding hydrogens is 520 g/mol. The van der Waals surface area contributed by atoms with Crippen LogP contribution in [0.25, 0.3) is 10.9 Å². The predicted molar refractivity (Wildman–Crippen MR) is 156 cm³/mol. The molecule has 0 bridgehead atoms. The van der Waals surface area contributed by atoms with Crippen LogP contribution in [-0.4, -0.2) is 51.0 Å². The molecule has 0 aliphatic carbocycles. The summed E-state index contributed by atoms with van der Waals surface area (Å²) in [4.78, 5) is 44.0. The molecule has 3 heterocycles. The van der Waals surface area contributed by atoms with Crippen LogP contribution in [0.5, 0.6) is 11.5 Å². The van der Waals surface area contributed by atoms with E-state index in [4.69, 9.17) is 9.47 Å². The molecule has 5 rings (SSSR count). The Kier molecular flexibility index (Phi) is 8.05. The first kappa shape index (κ1) is 27.9. The first-order valence-corrected chi connectivity index (χ1v) is 13.8. The Bertz CT molecular complexity index is 1550. The monoisotopic (exact) mass is 554 g/mol. The number of fused-ring (bicyclic) bond motifs is 1. The molecule has 0 atom stereocenters. The molecule has 1 N–H and O–H groups in total. The number of likely N-dealkylation sites (tertiary alicyclic amines) is 1. The van der Waals surface area contributed by atoms with E-state index in [0.717, 1.165) is 16.5 Å². The number of nitrogens with one attached hydrogen (secondary N) is 1. The Morgan fingerprint density at radius 2 is 1.68 bits per heavy atom. The van der Waals surface area contributed by atoms with Gasteiger partial charge < -0.3 is 19.7 Å². The maximum atomic E-state index is 12.9. The van der Waals surface area contributed by atoms with E-state index in [1.165, 1.54) is 0 Å². The normalized spacial score (nSPS) is 14.1. The molecule has 2 amide bonds. The molecule has 9 heteroatoms. The van der Waals surface area contributed by atoms with Crippen molar-refractivity contribution >= 4 is 34.6 Å². The maximum Gasteiger partial charge on any atom is 0.410 e. The van der Waals surface area contributed by atoms with Crippen LogP contribution in [0.2, 0.25) is 0 Å². The fraction of sp³-hybridized carbons (Fsp3) is 0.312. The Morgan fingerprint density at radius 3 is 2.41 bits per heavy atom. The fourth-order valence-electron chi connectivity index (χ4n) is 4.82. The summed E-state index contributed by atoms with van der Waals surface area (Å²) in [7, 11) is 0. The molecule has 0 saturated carbocycles. The van der Waals surface area contributed by atoms with E-state index in [2.05, 4.69) is 10.3 Å². The third-order valence-corrected chi connectivity index (χ3v) is 6.86. The highest BCUT2D eigenvalue weighted by molar-refractivity contribution is 5.94. The number of carbonyl (C=O) groups is 3. The van der Waals surface area contributed by atoms with Gasteiger partial charge in [0.25, 0.3) is 0 Å². The number of ether oxygens (including phenoxy) is 2. The second-order valence-electron chi connectivity index (χ2n) is 11.2. The van der Waals surface area contributed by atoms with Crippen molar-refractivity contribution in [2.45, 2.75) is 45.6 Å². The second-order valence-corrected chi connectivity index (χ2v) is 11.2. The number of benzene rings is 2. The zero-order valence-electron chi connectivity index (χ0n) is 23.5. The molecule has 1 aliphatic rings. The van der Waals surface area contributed by atoms with Gasteiger partial charge in [-0.25, -0.2) is 9.78 Å². The minimum Gasteiger partial charge on any atom is -0.457 e. The van der Waals surface area contributed by atoms with Crippen LogP contribution in [0.1, 0.15) is 44.0 Å². The summed E-state index contributed by atoms with van der Waals surface area (Å²) < 4.78 is 13.1. The van der Waals surface area contributed by atoms with E-state index in [-0.39, 0.29) is 23.8 Å². The van der Waals surface area contributed by atoms with Gasteiger partial charge in [0.05, 0.1) is 11.9 Å². The number of amides is 2. The molecule has 0 spiro atoms. The van der Waals surface area contributed by atoms with Gasteiger partial charge in [-0.15, -0.1) is 0 Å². The SMILES string of the molecule is CC(C)(C)OC(=O)N1CCC(C(=O)Nc2cc(Oc3ccc4c(ccn4C(=O)Cc4ccccc4)c3)ccn2)CC1. The summed E-state index contributed by atoms with van der Waals surface area (Å²) in [5.41, 5.74) is 1.22. The van der Waals surface area contributed by atoms with E-state index in [9.17, 15) is 14.4 Å². The molecule has 41 heavy (non-hydrogen) atoms. The summed E-state index contributed by atoms with van der Waals surface area (Å²) in [5, 5.41) is 3.76. The van der Waals surface area contributed by atoms with E-state index >= 15 is 0 Å². The lowest BCUT2D eigenvalue weighted by molar-refractivity contribution is -0.121. The van der Waals surface area contributed by atoms with E-state index in [0.29, 0.717) is 49.7 Å². The molecular formula is C32H34N4O5. The van der Waals surface area contributed by atoms with Crippen LogP contribution in [0.4, 0.5) is 10.6 Å². The highest BCUT2D eigenvalue weighted by Gasteiger charge is 2.30. The molecule has 1 aliphatic heterocycles. The summed E-state index contributed by atoms with van der Waals surface area (Å²) in [6, 6.07) is 20.5. The van der Waals surface area contributed by atoms with Crippen molar-refractivity contribution in [2.24, 2.45) is 5.92 Å². The van der Waals surface area contributed by atoms with Crippen molar-refractivity contribution in [3.05, 3.63) is 84.7 Å². The van der Waals surface area contributed by atoms with Gasteiger partial charge >= 0.3 is 6.09 Å². The van der Waals surface area contributed by atoms with Crippen molar-refractivity contribution in [3.8, 4) is 11.5 Å². The molecule has 2 aromatic heterocycles. The lowest BCUT2D eigenvalue weighted by Crippen LogP contribution is -2.43. The quantitative estimate of drug-likeness (QED) is 0.300. The van der Waals surface area contributed by atoms with Crippen LogP contribution in [0.3, 0.4) is 0 Å². The standard InChI is InChI=1S/C32H34N4O5/c1-32(2,3)41-31(39)35-16-12-23(13-17-35)30(38)34-28-21-26(11-15-33-28)40-25-9-10-27-24(20-25)14-18-36(27)29(37)19-22-7-5-4-6-8-22/h4-11,14-15,18,20-21,23H,12-13,16-17,19H2,1-3H3,(H,33,34,38). The van der Waals surface area contributed by atoms with Gasteiger partial charge in [-0.3, -0.25) is 14.2 Å². The van der Waals surface area contributed by atoms with Gasteiger partial charge in [0.15, 0.2) is 0 Å². The first-order chi connectivity index (χ1) is 19.6. The first-order valence-electron chi connectivity index (χ1n) is 13.8. The summed E-state index contributed by atoms with van der Waals surface area (Å²) in [6.45, 7) is 6.43. The number of carbonyl (C=O) groups excluding carboxylic acids is 3. The number of piperidine rings is 1. The molecule has 2 aromatic carbocycles. The topological polar surface area (TPSA) is 103 Å². The molecule has 0 unspecified atom stereocenters. The van der Waals surface area contributed by atoms with Crippen LogP contribution in [0.15, 0.2) is 79.1 Å². The van der Waals surface area contributed by atoms with Gasteiger partial charge in [0.2, 0.25) is 11.8 Å². The lowest BCUT2D eigenvalue weighted by atomic mass is 9.96. The van der Waals surface area contributed by atoms with Crippen molar-refractivity contribution in [1.82, 2.24) is 14.5 Å². The summed E-state index contributed by atoms with van der Waals surface area (Å²) in [6.07, 6.45) is 4.42. The number of nitrogens with zero attached hydrogens (tertiary/aromatic N) is 3. The largest absolute Gasteiger partial charge is 0.457 e. The number of rotatable bonds is 6. The van der Waals surface area contributed by atoms with Crippen molar-refractivity contribution < 1.29 is 23.9 Å². The predicted octanol–water partition coefficient (Wildman–Crippen LogP) is 6.30. The van der Waals surface area contributed by atoms with Crippen LogP contribution < -0.4 is 10.1 Å². The molecule has 9 nitrogen and oxygen atoms in total. The zero-order chi connectivity index (χ0) is 29.0. The number of hydrogen-bond acceptors (Lipinski definition) is 6. The van der Waals surface area contributed by atoms with Crippen molar-refractivity contribution in [3.63, 3.8) is 0 Å². The zero-order valence-corrected chi connectivity index (χ0v) is 23.5. The minimum absolute atomic E-state index is 0.00935. The number of hydrogen-bond donors (Lipinski definition) is 1. The minimum atomic E-state index is -0.553. The van der Waals surface area contributed by atoms with E-state index in [1.807, 2.05) is 75.4 Å².